The number of aromatic amines is 1. The number of nitriles is 1. The molecule has 2 aromatic carbocycles. The van der Waals surface area contributed by atoms with Crippen LogP contribution in [0.2, 0.25) is 0 Å². The summed E-state index contributed by atoms with van der Waals surface area (Å²) in [7, 11) is 0. The van der Waals surface area contributed by atoms with Crippen molar-refractivity contribution in [3.63, 3.8) is 0 Å². The number of H-pyrrole nitrogens is 1. The van der Waals surface area contributed by atoms with Crippen LogP contribution in [0.15, 0.2) is 54.7 Å². The number of hydrogen-bond acceptors (Lipinski definition) is 2. The third kappa shape index (κ3) is 4.07. The monoisotopic (exact) mass is 331 g/mol. The second-order valence-corrected chi connectivity index (χ2v) is 6.24. The quantitative estimate of drug-likeness (QED) is 0.709. The fourth-order valence-electron chi connectivity index (χ4n) is 3.02. The Morgan fingerprint density at radius 1 is 1.20 bits per heavy atom. The van der Waals surface area contributed by atoms with Crippen LogP contribution < -0.4 is 5.32 Å². The van der Waals surface area contributed by atoms with E-state index < -0.39 is 0 Å². The Kier molecular flexibility index (Phi) is 5.15. The first kappa shape index (κ1) is 16.8. The van der Waals surface area contributed by atoms with Gasteiger partial charge in [-0.25, -0.2) is 0 Å². The number of nitrogens with zero attached hydrogens (tertiary/aromatic N) is 1. The SMILES string of the molecule is CC(NC(=O)CCCc1c[nH]c2ccccc12)c1ccc(C#N)cc1. The number of benzene rings is 2. The first-order chi connectivity index (χ1) is 12.2. The number of aromatic nitrogens is 1. The number of hydrogen-bond donors (Lipinski definition) is 2. The summed E-state index contributed by atoms with van der Waals surface area (Å²) in [5.41, 5.74) is 4.02. The standard InChI is InChI=1S/C21H21N3O/c1-15(17-11-9-16(13-22)10-12-17)24-21(25)8-4-5-18-14-23-20-7-3-2-6-19(18)20/h2-3,6-7,9-12,14-15,23H,4-5,8H2,1H3,(H,24,25). The molecule has 0 bridgehead atoms. The number of amides is 1. The lowest BCUT2D eigenvalue weighted by atomic mass is 10.1. The summed E-state index contributed by atoms with van der Waals surface area (Å²) in [4.78, 5) is 15.4. The van der Waals surface area contributed by atoms with Crippen molar-refractivity contribution in [1.82, 2.24) is 10.3 Å². The fourth-order valence-corrected chi connectivity index (χ4v) is 3.02. The summed E-state index contributed by atoms with van der Waals surface area (Å²) < 4.78 is 0. The lowest BCUT2D eigenvalue weighted by molar-refractivity contribution is -0.121. The number of fused-ring (bicyclic) bond motifs is 1. The van der Waals surface area contributed by atoms with E-state index in [-0.39, 0.29) is 11.9 Å². The van der Waals surface area contributed by atoms with E-state index >= 15 is 0 Å². The normalized spacial score (nSPS) is 11.8. The Morgan fingerprint density at radius 2 is 1.96 bits per heavy atom. The average Bonchev–Trinajstić information content (AvgIpc) is 3.05. The van der Waals surface area contributed by atoms with Crippen molar-refractivity contribution in [2.24, 2.45) is 0 Å². The number of nitrogens with one attached hydrogen (secondary N) is 2. The Morgan fingerprint density at radius 3 is 2.72 bits per heavy atom. The zero-order valence-electron chi connectivity index (χ0n) is 14.3. The number of para-hydroxylation sites is 1. The molecule has 0 aliphatic carbocycles. The van der Waals surface area contributed by atoms with Crippen molar-refractivity contribution >= 4 is 16.8 Å². The van der Waals surface area contributed by atoms with E-state index in [1.807, 2.05) is 37.4 Å². The molecular weight excluding hydrogens is 310 g/mol. The third-order valence-electron chi connectivity index (χ3n) is 4.44. The zero-order chi connectivity index (χ0) is 17.6. The van der Waals surface area contributed by atoms with Crippen LogP contribution in [0, 0.1) is 11.3 Å². The first-order valence-corrected chi connectivity index (χ1v) is 8.52. The van der Waals surface area contributed by atoms with Gasteiger partial charge < -0.3 is 10.3 Å². The van der Waals surface area contributed by atoms with Gasteiger partial charge in [-0.05, 0) is 49.1 Å². The van der Waals surface area contributed by atoms with Crippen LogP contribution in [-0.2, 0) is 11.2 Å². The van der Waals surface area contributed by atoms with Crippen molar-refractivity contribution < 1.29 is 4.79 Å². The molecule has 4 nitrogen and oxygen atoms in total. The predicted octanol–water partition coefficient (Wildman–Crippen LogP) is 4.24. The van der Waals surface area contributed by atoms with Crippen LogP contribution in [0.4, 0.5) is 0 Å². The van der Waals surface area contributed by atoms with Gasteiger partial charge >= 0.3 is 0 Å². The maximum atomic E-state index is 12.2. The van der Waals surface area contributed by atoms with Gasteiger partial charge in [-0.2, -0.15) is 5.26 Å². The van der Waals surface area contributed by atoms with Gasteiger partial charge in [0.15, 0.2) is 0 Å². The molecule has 0 saturated carbocycles. The van der Waals surface area contributed by atoms with Crippen LogP contribution in [0.1, 0.15) is 42.5 Å². The summed E-state index contributed by atoms with van der Waals surface area (Å²) in [6.07, 6.45) is 4.22. The molecule has 1 atom stereocenters. The minimum atomic E-state index is -0.0617. The molecule has 25 heavy (non-hydrogen) atoms. The average molecular weight is 331 g/mol. The van der Waals surface area contributed by atoms with E-state index in [1.165, 1.54) is 10.9 Å². The Balaban J connectivity index is 1.50. The topological polar surface area (TPSA) is 68.7 Å². The highest BCUT2D eigenvalue weighted by atomic mass is 16.1. The summed E-state index contributed by atoms with van der Waals surface area (Å²) >= 11 is 0. The van der Waals surface area contributed by atoms with Gasteiger partial charge in [-0.1, -0.05) is 30.3 Å². The largest absolute Gasteiger partial charge is 0.361 e. The van der Waals surface area contributed by atoms with Gasteiger partial charge in [0, 0.05) is 23.5 Å². The molecule has 0 fully saturated rings. The number of carbonyl (C=O) groups excluding carboxylic acids is 1. The van der Waals surface area contributed by atoms with Gasteiger partial charge in [0.05, 0.1) is 17.7 Å². The molecule has 1 amide bonds. The van der Waals surface area contributed by atoms with Crippen LogP contribution in [0.3, 0.4) is 0 Å². The number of aryl methyl sites for hydroxylation is 1. The maximum Gasteiger partial charge on any atom is 0.220 e. The summed E-state index contributed by atoms with van der Waals surface area (Å²) in [5, 5.41) is 13.1. The molecule has 126 valence electrons. The molecule has 1 unspecified atom stereocenters. The van der Waals surface area contributed by atoms with Gasteiger partial charge in [-0.3, -0.25) is 4.79 Å². The molecule has 0 aliphatic heterocycles. The smallest absolute Gasteiger partial charge is 0.220 e. The van der Waals surface area contributed by atoms with Crippen LogP contribution in [0.25, 0.3) is 10.9 Å². The molecular formula is C21H21N3O. The van der Waals surface area contributed by atoms with E-state index in [0.717, 1.165) is 23.9 Å². The number of carbonyl (C=O) groups is 1. The van der Waals surface area contributed by atoms with Gasteiger partial charge in [-0.15, -0.1) is 0 Å². The molecule has 2 N–H and O–H groups in total. The molecule has 0 saturated heterocycles. The Hall–Kier alpha value is -3.06. The van der Waals surface area contributed by atoms with Crippen molar-refractivity contribution in [2.75, 3.05) is 0 Å². The molecule has 1 aromatic heterocycles. The van der Waals surface area contributed by atoms with Crippen LogP contribution in [0.5, 0.6) is 0 Å². The van der Waals surface area contributed by atoms with Crippen molar-refractivity contribution in [3.05, 3.63) is 71.4 Å². The lowest BCUT2D eigenvalue weighted by Gasteiger charge is -2.14. The zero-order valence-corrected chi connectivity index (χ0v) is 14.3. The Labute approximate surface area is 147 Å². The second kappa shape index (κ2) is 7.67. The predicted molar refractivity (Wildman–Crippen MR) is 99.0 cm³/mol. The fraction of sp³-hybridized carbons (Fsp3) is 0.238. The minimum Gasteiger partial charge on any atom is -0.361 e. The van der Waals surface area contributed by atoms with Crippen molar-refractivity contribution in [3.8, 4) is 6.07 Å². The molecule has 0 radical (unpaired) electrons. The van der Waals surface area contributed by atoms with Crippen molar-refractivity contribution in [1.29, 1.82) is 5.26 Å². The van der Waals surface area contributed by atoms with Crippen LogP contribution >= 0.6 is 0 Å². The van der Waals surface area contributed by atoms with Gasteiger partial charge in [0.25, 0.3) is 0 Å². The van der Waals surface area contributed by atoms with Gasteiger partial charge in [0.1, 0.15) is 0 Å². The Bertz CT molecular complexity index is 903. The highest BCUT2D eigenvalue weighted by molar-refractivity contribution is 5.83. The van der Waals surface area contributed by atoms with Gasteiger partial charge in [0.2, 0.25) is 5.91 Å². The third-order valence-corrected chi connectivity index (χ3v) is 4.44. The molecule has 0 spiro atoms. The highest BCUT2D eigenvalue weighted by Gasteiger charge is 2.10. The second-order valence-electron chi connectivity index (χ2n) is 6.24. The van der Waals surface area contributed by atoms with Crippen LogP contribution in [-0.4, -0.2) is 10.9 Å². The van der Waals surface area contributed by atoms with E-state index in [1.54, 1.807) is 12.1 Å². The first-order valence-electron chi connectivity index (χ1n) is 8.52. The van der Waals surface area contributed by atoms with E-state index in [4.69, 9.17) is 5.26 Å². The lowest BCUT2D eigenvalue weighted by Crippen LogP contribution is -2.26. The summed E-state index contributed by atoms with van der Waals surface area (Å²) in [6.45, 7) is 1.96. The molecule has 1 heterocycles. The minimum absolute atomic E-state index is 0.0525. The van der Waals surface area contributed by atoms with E-state index in [2.05, 4.69) is 28.5 Å². The molecule has 3 aromatic rings. The molecule has 0 aliphatic rings. The number of rotatable bonds is 6. The van der Waals surface area contributed by atoms with Crippen molar-refractivity contribution in [2.45, 2.75) is 32.2 Å². The maximum absolute atomic E-state index is 12.2. The van der Waals surface area contributed by atoms with E-state index in [9.17, 15) is 4.79 Å². The summed E-state index contributed by atoms with van der Waals surface area (Å²) in [6, 6.07) is 17.6. The highest BCUT2D eigenvalue weighted by Crippen LogP contribution is 2.19. The molecule has 4 heteroatoms. The van der Waals surface area contributed by atoms with E-state index in [0.29, 0.717) is 12.0 Å². The molecule has 3 rings (SSSR count). The summed E-state index contributed by atoms with van der Waals surface area (Å²) in [5.74, 6) is 0.0525.